The zero-order chi connectivity index (χ0) is 24.8. The summed E-state index contributed by atoms with van der Waals surface area (Å²) in [5, 5.41) is 0. The van der Waals surface area contributed by atoms with E-state index in [4.69, 9.17) is 9.72 Å². The maximum atomic E-state index is 6.32. The molecule has 0 N–H and O–H groups in total. The SMILES string of the molecule is Cc1ccccc1Oc1cn2c(n1)-c1ccccc1C(C)c1cc(-c3ccccc3)cc(C(C)C)c1-2. The van der Waals surface area contributed by atoms with Crippen molar-refractivity contribution in [3.05, 3.63) is 119 Å². The molecule has 0 saturated carbocycles. The van der Waals surface area contributed by atoms with Gasteiger partial charge < -0.3 is 4.74 Å². The summed E-state index contributed by atoms with van der Waals surface area (Å²) < 4.78 is 8.58. The number of para-hydroxylation sites is 1. The molecule has 178 valence electrons. The lowest BCUT2D eigenvalue weighted by atomic mass is 9.84. The van der Waals surface area contributed by atoms with Crippen molar-refractivity contribution >= 4 is 0 Å². The lowest BCUT2D eigenvalue weighted by Crippen LogP contribution is -2.07. The average molecular weight is 471 g/mol. The Morgan fingerprint density at radius 2 is 1.53 bits per heavy atom. The Balaban J connectivity index is 1.62. The summed E-state index contributed by atoms with van der Waals surface area (Å²) in [5.74, 6) is 2.92. The number of rotatable bonds is 4. The topological polar surface area (TPSA) is 27.1 Å². The van der Waals surface area contributed by atoms with Crippen molar-refractivity contribution in [3.63, 3.8) is 0 Å². The van der Waals surface area contributed by atoms with Crippen LogP contribution >= 0.6 is 0 Å². The number of aromatic nitrogens is 2. The molecule has 5 aromatic rings. The quantitative estimate of drug-likeness (QED) is 0.262. The van der Waals surface area contributed by atoms with Crippen LogP contribution in [0.3, 0.4) is 0 Å². The van der Waals surface area contributed by atoms with Crippen LogP contribution in [-0.4, -0.2) is 9.55 Å². The van der Waals surface area contributed by atoms with Gasteiger partial charge in [-0.05, 0) is 64.4 Å². The van der Waals surface area contributed by atoms with Crippen LogP contribution in [0.25, 0.3) is 28.2 Å². The molecule has 3 heteroatoms. The molecule has 0 aliphatic carbocycles. The number of ether oxygens (including phenoxy) is 1. The maximum absolute atomic E-state index is 6.32. The fraction of sp³-hybridized carbons (Fsp3) is 0.182. The van der Waals surface area contributed by atoms with Crippen molar-refractivity contribution in [3.8, 4) is 39.8 Å². The highest BCUT2D eigenvalue weighted by Crippen LogP contribution is 2.45. The van der Waals surface area contributed by atoms with Gasteiger partial charge in [-0.1, -0.05) is 93.6 Å². The third kappa shape index (κ3) is 3.72. The van der Waals surface area contributed by atoms with E-state index < -0.39 is 0 Å². The molecule has 1 unspecified atom stereocenters. The van der Waals surface area contributed by atoms with E-state index in [1.54, 1.807) is 0 Å². The van der Waals surface area contributed by atoms with E-state index in [-0.39, 0.29) is 5.92 Å². The normalized spacial score (nSPS) is 14.1. The van der Waals surface area contributed by atoms with Crippen LogP contribution in [0.5, 0.6) is 11.6 Å². The summed E-state index contributed by atoms with van der Waals surface area (Å²) in [5.41, 5.74) is 9.85. The lowest BCUT2D eigenvalue weighted by Gasteiger charge is -2.22. The van der Waals surface area contributed by atoms with Gasteiger partial charge in [-0.3, -0.25) is 4.57 Å². The highest BCUT2D eigenvalue weighted by Gasteiger charge is 2.29. The Kier molecular flexibility index (Phi) is 5.49. The van der Waals surface area contributed by atoms with Crippen molar-refractivity contribution in [2.75, 3.05) is 0 Å². The van der Waals surface area contributed by atoms with E-state index in [9.17, 15) is 0 Å². The average Bonchev–Trinajstić information content (AvgIpc) is 3.29. The van der Waals surface area contributed by atoms with Gasteiger partial charge in [0, 0.05) is 11.5 Å². The minimum atomic E-state index is 0.222. The summed E-state index contributed by atoms with van der Waals surface area (Å²) in [6.07, 6.45) is 2.06. The Bertz CT molecular complexity index is 1560. The first-order valence-electron chi connectivity index (χ1n) is 12.7. The molecule has 1 aliphatic rings. The van der Waals surface area contributed by atoms with Crippen molar-refractivity contribution in [2.24, 2.45) is 0 Å². The van der Waals surface area contributed by atoms with Gasteiger partial charge in [0.25, 0.3) is 0 Å². The Morgan fingerprint density at radius 3 is 2.31 bits per heavy atom. The van der Waals surface area contributed by atoms with Crippen molar-refractivity contribution in [2.45, 2.75) is 39.5 Å². The predicted octanol–water partition coefficient (Wildman–Crippen LogP) is 8.90. The van der Waals surface area contributed by atoms with Crippen LogP contribution in [-0.2, 0) is 0 Å². The van der Waals surface area contributed by atoms with E-state index in [1.165, 1.54) is 33.5 Å². The number of nitrogens with zero attached hydrogens (tertiary/aromatic N) is 2. The summed E-state index contributed by atoms with van der Waals surface area (Å²) in [6, 6.07) is 32.1. The maximum Gasteiger partial charge on any atom is 0.238 e. The van der Waals surface area contributed by atoms with Crippen molar-refractivity contribution in [1.29, 1.82) is 0 Å². The molecule has 36 heavy (non-hydrogen) atoms. The van der Waals surface area contributed by atoms with Gasteiger partial charge in [0.05, 0.1) is 11.9 Å². The summed E-state index contributed by atoms with van der Waals surface area (Å²) in [7, 11) is 0. The van der Waals surface area contributed by atoms with E-state index >= 15 is 0 Å². The summed E-state index contributed by atoms with van der Waals surface area (Å²) >= 11 is 0. The zero-order valence-corrected chi connectivity index (χ0v) is 21.2. The minimum absolute atomic E-state index is 0.222. The predicted molar refractivity (Wildman–Crippen MR) is 147 cm³/mol. The number of hydrogen-bond donors (Lipinski definition) is 0. The van der Waals surface area contributed by atoms with E-state index in [0.717, 1.165) is 22.7 Å². The smallest absolute Gasteiger partial charge is 0.238 e. The van der Waals surface area contributed by atoms with Crippen LogP contribution in [0.4, 0.5) is 0 Å². The standard InChI is InChI=1S/C33H30N2O/c1-21(2)28-18-25(24-13-6-5-7-14-24)19-29-23(4)26-15-9-10-16-27(26)33-34-31(20-35(33)32(28)29)36-30-17-11-8-12-22(30)3/h5-21,23H,1-4H3. The molecule has 0 saturated heterocycles. The van der Waals surface area contributed by atoms with Crippen LogP contribution in [0.2, 0.25) is 0 Å². The third-order valence-corrected chi connectivity index (χ3v) is 7.27. The molecular weight excluding hydrogens is 440 g/mol. The zero-order valence-electron chi connectivity index (χ0n) is 21.2. The summed E-state index contributed by atoms with van der Waals surface area (Å²) in [6.45, 7) is 8.92. The third-order valence-electron chi connectivity index (χ3n) is 7.27. The summed E-state index contributed by atoms with van der Waals surface area (Å²) in [4.78, 5) is 5.04. The molecule has 0 fully saturated rings. The molecule has 1 aromatic heterocycles. The molecule has 6 rings (SSSR count). The van der Waals surface area contributed by atoms with Gasteiger partial charge in [-0.25, -0.2) is 0 Å². The molecule has 0 spiro atoms. The second-order valence-corrected chi connectivity index (χ2v) is 9.97. The van der Waals surface area contributed by atoms with Gasteiger partial charge in [-0.15, -0.1) is 0 Å². The number of fused-ring (bicyclic) bond motifs is 5. The monoisotopic (exact) mass is 470 g/mol. The fourth-order valence-electron chi connectivity index (χ4n) is 5.32. The second-order valence-electron chi connectivity index (χ2n) is 9.97. The lowest BCUT2D eigenvalue weighted by molar-refractivity contribution is 0.462. The van der Waals surface area contributed by atoms with E-state index in [2.05, 4.69) is 111 Å². The largest absolute Gasteiger partial charge is 0.437 e. The van der Waals surface area contributed by atoms with Crippen LogP contribution < -0.4 is 4.74 Å². The first kappa shape index (κ1) is 22.4. The highest BCUT2D eigenvalue weighted by atomic mass is 16.5. The number of hydrogen-bond acceptors (Lipinski definition) is 2. The van der Waals surface area contributed by atoms with Gasteiger partial charge >= 0.3 is 0 Å². The van der Waals surface area contributed by atoms with Gasteiger partial charge in [0.2, 0.25) is 5.88 Å². The minimum Gasteiger partial charge on any atom is -0.437 e. The molecule has 0 bridgehead atoms. The van der Waals surface area contributed by atoms with Crippen molar-refractivity contribution < 1.29 is 4.74 Å². The van der Waals surface area contributed by atoms with Gasteiger partial charge in [0.1, 0.15) is 11.6 Å². The molecule has 1 aliphatic heterocycles. The molecule has 1 atom stereocenters. The second kappa shape index (κ2) is 8.83. The Hall–Kier alpha value is -4.11. The number of aryl methyl sites for hydroxylation is 1. The van der Waals surface area contributed by atoms with Gasteiger partial charge in [0.15, 0.2) is 0 Å². The molecule has 2 heterocycles. The van der Waals surface area contributed by atoms with Crippen LogP contribution in [0.1, 0.15) is 54.9 Å². The molecule has 4 aromatic carbocycles. The highest BCUT2D eigenvalue weighted by molar-refractivity contribution is 5.76. The first-order valence-corrected chi connectivity index (χ1v) is 12.7. The Labute approximate surface area is 213 Å². The molecule has 3 nitrogen and oxygen atoms in total. The van der Waals surface area contributed by atoms with E-state index in [1.807, 2.05) is 18.2 Å². The van der Waals surface area contributed by atoms with Crippen LogP contribution in [0, 0.1) is 6.92 Å². The number of imidazole rings is 1. The Morgan fingerprint density at radius 1 is 0.806 bits per heavy atom. The molecule has 0 radical (unpaired) electrons. The first-order chi connectivity index (χ1) is 17.5. The van der Waals surface area contributed by atoms with Crippen LogP contribution in [0.15, 0.2) is 97.2 Å². The van der Waals surface area contributed by atoms with Crippen molar-refractivity contribution in [1.82, 2.24) is 9.55 Å². The number of benzene rings is 4. The van der Waals surface area contributed by atoms with E-state index in [0.29, 0.717) is 11.8 Å². The fourth-order valence-corrected chi connectivity index (χ4v) is 5.32. The molecule has 0 amide bonds. The molecular formula is C33H30N2O. The van der Waals surface area contributed by atoms with Gasteiger partial charge in [-0.2, -0.15) is 4.98 Å².